The second-order valence-electron chi connectivity index (χ2n) is 4.11. The van der Waals surface area contributed by atoms with E-state index in [1.165, 1.54) is 6.42 Å². The van der Waals surface area contributed by atoms with Gasteiger partial charge in [0.1, 0.15) is 5.84 Å². The van der Waals surface area contributed by atoms with Crippen molar-refractivity contribution in [1.82, 2.24) is 4.98 Å². The third-order valence-electron chi connectivity index (χ3n) is 2.86. The molecule has 0 saturated carbocycles. The van der Waals surface area contributed by atoms with Gasteiger partial charge in [-0.25, -0.2) is 0 Å². The molecule has 2 rings (SSSR count). The van der Waals surface area contributed by atoms with E-state index in [4.69, 9.17) is 5.41 Å². The number of piperidine rings is 1. The second-order valence-corrected chi connectivity index (χ2v) is 4.11. The number of hydrogen-bond donors (Lipinski definition) is 1. The average Bonchev–Trinajstić information content (AvgIpc) is 2.20. The zero-order valence-corrected chi connectivity index (χ0v) is 9.38. The minimum atomic E-state index is 0.731. The van der Waals surface area contributed by atoms with Gasteiger partial charge in [-0.2, -0.15) is 0 Å². The van der Waals surface area contributed by atoms with E-state index in [1.54, 1.807) is 0 Å². The number of nitrogens with one attached hydrogen (secondary N) is 1. The van der Waals surface area contributed by atoms with Crippen molar-refractivity contribution in [3.05, 3.63) is 23.5 Å². The molecule has 3 nitrogen and oxygen atoms in total. The lowest BCUT2D eigenvalue weighted by molar-refractivity contribution is 0.705. The number of pyridine rings is 1. The highest BCUT2D eigenvalue weighted by molar-refractivity contribution is 5.96. The molecule has 0 bridgehead atoms. The first-order chi connectivity index (χ1) is 7.18. The number of aryl methyl sites for hydroxylation is 2. The first kappa shape index (κ1) is 10.1. The van der Waals surface area contributed by atoms with Gasteiger partial charge in [-0.1, -0.05) is 0 Å². The van der Waals surface area contributed by atoms with Crippen LogP contribution in [0.2, 0.25) is 0 Å². The molecule has 0 atom stereocenters. The van der Waals surface area contributed by atoms with Gasteiger partial charge in [0, 0.05) is 18.7 Å². The molecule has 0 unspecified atom stereocenters. The Kier molecular flexibility index (Phi) is 2.71. The Morgan fingerprint density at radius 2 is 2.07 bits per heavy atom. The fourth-order valence-corrected chi connectivity index (χ4v) is 2.06. The molecule has 1 aliphatic heterocycles. The third kappa shape index (κ3) is 2.01. The maximum absolute atomic E-state index is 7.93. The molecule has 1 aromatic rings. The lowest BCUT2D eigenvalue weighted by atomic mass is 10.1. The van der Waals surface area contributed by atoms with Crippen LogP contribution < -0.4 is 4.90 Å². The molecule has 1 aliphatic rings. The molecule has 80 valence electrons. The van der Waals surface area contributed by atoms with E-state index in [9.17, 15) is 0 Å². The Bertz CT molecular complexity index is 384. The fourth-order valence-electron chi connectivity index (χ4n) is 2.06. The van der Waals surface area contributed by atoms with Crippen molar-refractivity contribution in [2.75, 3.05) is 11.4 Å². The molecule has 0 aliphatic carbocycles. The second kappa shape index (κ2) is 4.01. The lowest BCUT2D eigenvalue weighted by Gasteiger charge is -2.30. The topological polar surface area (TPSA) is 40.0 Å². The van der Waals surface area contributed by atoms with Gasteiger partial charge in [0.2, 0.25) is 0 Å². The van der Waals surface area contributed by atoms with Crippen molar-refractivity contribution >= 4 is 11.5 Å². The Morgan fingerprint density at radius 3 is 2.73 bits per heavy atom. The molecule has 1 saturated heterocycles. The van der Waals surface area contributed by atoms with Crippen LogP contribution in [0.5, 0.6) is 0 Å². The average molecular weight is 203 g/mol. The van der Waals surface area contributed by atoms with Crippen LogP contribution in [-0.2, 0) is 0 Å². The van der Waals surface area contributed by atoms with Gasteiger partial charge in [0.25, 0.3) is 0 Å². The van der Waals surface area contributed by atoms with E-state index in [2.05, 4.69) is 16.0 Å². The highest BCUT2D eigenvalue weighted by atomic mass is 15.2. The number of nitrogens with zero attached hydrogens (tertiary/aromatic N) is 2. The minimum Gasteiger partial charge on any atom is -0.329 e. The van der Waals surface area contributed by atoms with Crippen molar-refractivity contribution in [1.29, 1.82) is 5.41 Å². The maximum atomic E-state index is 7.93. The van der Waals surface area contributed by atoms with Crippen LogP contribution in [0, 0.1) is 19.3 Å². The van der Waals surface area contributed by atoms with Crippen molar-refractivity contribution in [3.63, 3.8) is 0 Å². The number of rotatable bonds is 1. The van der Waals surface area contributed by atoms with Crippen LogP contribution in [0.1, 0.15) is 30.7 Å². The maximum Gasteiger partial charge on any atom is 0.100 e. The normalized spacial score (nSPS) is 16.9. The van der Waals surface area contributed by atoms with Crippen LogP contribution in [0.4, 0.5) is 5.69 Å². The third-order valence-corrected chi connectivity index (χ3v) is 2.86. The van der Waals surface area contributed by atoms with Gasteiger partial charge in [-0.3, -0.25) is 10.4 Å². The molecule has 1 N–H and O–H groups in total. The highest BCUT2D eigenvalue weighted by Crippen LogP contribution is 2.23. The van der Waals surface area contributed by atoms with Crippen LogP contribution in [0.15, 0.2) is 12.1 Å². The summed E-state index contributed by atoms with van der Waals surface area (Å²) < 4.78 is 0. The Balaban J connectivity index is 2.31. The summed E-state index contributed by atoms with van der Waals surface area (Å²) in [6.45, 7) is 4.98. The first-order valence-corrected chi connectivity index (χ1v) is 5.47. The van der Waals surface area contributed by atoms with E-state index in [-0.39, 0.29) is 0 Å². The van der Waals surface area contributed by atoms with Crippen molar-refractivity contribution in [3.8, 4) is 0 Å². The number of aromatic nitrogens is 1. The Morgan fingerprint density at radius 1 is 1.27 bits per heavy atom. The van der Waals surface area contributed by atoms with Crippen molar-refractivity contribution in [2.45, 2.75) is 33.1 Å². The zero-order chi connectivity index (χ0) is 10.8. The van der Waals surface area contributed by atoms with Gasteiger partial charge < -0.3 is 4.90 Å². The molecule has 0 amide bonds. The summed E-state index contributed by atoms with van der Waals surface area (Å²) in [5, 5.41) is 7.93. The van der Waals surface area contributed by atoms with Crippen molar-refractivity contribution < 1.29 is 0 Å². The van der Waals surface area contributed by atoms with Crippen LogP contribution in [0.25, 0.3) is 0 Å². The van der Waals surface area contributed by atoms with Gasteiger partial charge in [-0.05, 0) is 38.8 Å². The van der Waals surface area contributed by atoms with Crippen LogP contribution >= 0.6 is 0 Å². The molecule has 0 radical (unpaired) electrons. The largest absolute Gasteiger partial charge is 0.329 e. The molecule has 0 aromatic carbocycles. The van der Waals surface area contributed by atoms with Crippen LogP contribution in [0.3, 0.4) is 0 Å². The van der Waals surface area contributed by atoms with E-state index >= 15 is 0 Å². The summed E-state index contributed by atoms with van der Waals surface area (Å²) in [4.78, 5) is 6.53. The smallest absolute Gasteiger partial charge is 0.100 e. The first-order valence-electron chi connectivity index (χ1n) is 5.47. The molecule has 15 heavy (non-hydrogen) atoms. The van der Waals surface area contributed by atoms with Gasteiger partial charge in [0.15, 0.2) is 0 Å². The molecule has 2 heterocycles. The fraction of sp³-hybridized carbons (Fsp3) is 0.500. The minimum absolute atomic E-state index is 0.731. The van der Waals surface area contributed by atoms with Gasteiger partial charge >= 0.3 is 0 Å². The number of amidine groups is 1. The molecule has 0 spiro atoms. The summed E-state index contributed by atoms with van der Waals surface area (Å²) in [6.07, 6.45) is 3.22. The predicted molar refractivity (Wildman–Crippen MR) is 62.6 cm³/mol. The molecule has 1 aromatic heterocycles. The highest BCUT2D eigenvalue weighted by Gasteiger charge is 2.18. The number of hydrogen-bond acceptors (Lipinski definition) is 2. The predicted octanol–water partition coefficient (Wildman–Crippen LogP) is 2.67. The monoisotopic (exact) mass is 203 g/mol. The molecular formula is C12H17N3. The SMILES string of the molecule is Cc1ccc(N2CCCCC2=N)c(C)n1. The Hall–Kier alpha value is -1.38. The van der Waals surface area contributed by atoms with E-state index in [0.717, 1.165) is 42.3 Å². The number of anilines is 1. The summed E-state index contributed by atoms with van der Waals surface area (Å²) in [6, 6.07) is 4.10. The quantitative estimate of drug-likeness (QED) is 0.762. The lowest BCUT2D eigenvalue weighted by Crippen LogP contribution is -2.35. The van der Waals surface area contributed by atoms with E-state index < -0.39 is 0 Å². The Labute approximate surface area is 90.6 Å². The summed E-state index contributed by atoms with van der Waals surface area (Å²) in [5.41, 5.74) is 3.17. The summed E-state index contributed by atoms with van der Waals surface area (Å²) in [5.74, 6) is 0.731. The summed E-state index contributed by atoms with van der Waals surface area (Å²) in [7, 11) is 0. The van der Waals surface area contributed by atoms with E-state index in [0.29, 0.717) is 0 Å². The van der Waals surface area contributed by atoms with Crippen molar-refractivity contribution in [2.24, 2.45) is 0 Å². The van der Waals surface area contributed by atoms with Gasteiger partial charge in [0.05, 0.1) is 11.4 Å². The van der Waals surface area contributed by atoms with Crippen LogP contribution in [-0.4, -0.2) is 17.4 Å². The molecule has 3 heteroatoms. The zero-order valence-electron chi connectivity index (χ0n) is 9.38. The molecular weight excluding hydrogens is 186 g/mol. The summed E-state index contributed by atoms with van der Waals surface area (Å²) >= 11 is 0. The standard InChI is InChI=1S/C12H17N3/c1-9-6-7-11(10(2)14-9)15-8-4-3-5-12(15)13/h6-7,13H,3-5,8H2,1-2H3. The van der Waals surface area contributed by atoms with E-state index in [1.807, 2.05) is 19.9 Å². The molecule has 1 fully saturated rings. The van der Waals surface area contributed by atoms with Gasteiger partial charge in [-0.15, -0.1) is 0 Å².